The molecule has 1 unspecified atom stereocenters. The summed E-state index contributed by atoms with van der Waals surface area (Å²) in [4.78, 5) is 11.9. The van der Waals surface area contributed by atoms with Crippen LogP contribution in [0.15, 0.2) is 18.2 Å². The highest BCUT2D eigenvalue weighted by Gasteiger charge is 2.32. The third-order valence-corrected chi connectivity index (χ3v) is 3.53. The van der Waals surface area contributed by atoms with E-state index in [1.54, 1.807) is 0 Å². The normalized spacial score (nSPS) is 20.9. The highest BCUT2D eigenvalue weighted by atomic mass is 16.7. The predicted octanol–water partition coefficient (Wildman–Crippen LogP) is 2.11. The van der Waals surface area contributed by atoms with E-state index in [1.165, 1.54) is 11.1 Å². The quantitative estimate of drug-likeness (QED) is 0.917. The van der Waals surface area contributed by atoms with Crippen molar-refractivity contribution in [1.29, 1.82) is 0 Å². The van der Waals surface area contributed by atoms with Gasteiger partial charge in [0, 0.05) is 6.54 Å². The molecule has 2 rings (SSSR count). The Bertz CT molecular complexity index is 496. The monoisotopic (exact) mass is 277 g/mol. The average Bonchev–Trinajstić information content (AvgIpc) is 2.71. The molecule has 110 valence electrons. The molecule has 1 fully saturated rings. The number of rotatable bonds is 4. The van der Waals surface area contributed by atoms with Gasteiger partial charge in [-0.25, -0.2) is 0 Å². The summed E-state index contributed by atoms with van der Waals surface area (Å²) in [6, 6.07) is 6.11. The lowest BCUT2D eigenvalue weighted by Crippen LogP contribution is -2.35. The highest BCUT2D eigenvalue weighted by Crippen LogP contribution is 2.21. The van der Waals surface area contributed by atoms with E-state index in [9.17, 15) is 4.79 Å². The highest BCUT2D eigenvalue weighted by molar-refractivity contribution is 5.78. The lowest BCUT2D eigenvalue weighted by atomic mass is 10.0. The number of hydrogen-bond acceptors (Lipinski definition) is 3. The lowest BCUT2D eigenvalue weighted by Gasteiger charge is -2.17. The second-order valence-corrected chi connectivity index (χ2v) is 5.85. The number of nitrogens with one attached hydrogen (secondary N) is 1. The summed E-state index contributed by atoms with van der Waals surface area (Å²) in [6.45, 7) is 8.90. The Kier molecular flexibility index (Phi) is 4.45. The van der Waals surface area contributed by atoms with E-state index in [0.29, 0.717) is 19.6 Å². The molecule has 4 heteroatoms. The molecule has 1 aromatic carbocycles. The largest absolute Gasteiger partial charge is 0.353 e. The Labute approximate surface area is 120 Å². The second kappa shape index (κ2) is 5.94. The Morgan fingerprint density at radius 1 is 1.35 bits per heavy atom. The van der Waals surface area contributed by atoms with Crippen molar-refractivity contribution in [2.24, 2.45) is 0 Å². The fourth-order valence-electron chi connectivity index (χ4n) is 2.25. The van der Waals surface area contributed by atoms with Gasteiger partial charge < -0.3 is 14.8 Å². The molecule has 20 heavy (non-hydrogen) atoms. The van der Waals surface area contributed by atoms with E-state index in [2.05, 4.69) is 25.2 Å². The van der Waals surface area contributed by atoms with Gasteiger partial charge >= 0.3 is 0 Å². The molecule has 0 radical (unpaired) electrons. The van der Waals surface area contributed by atoms with Crippen molar-refractivity contribution in [1.82, 2.24) is 5.32 Å². The van der Waals surface area contributed by atoms with Crippen LogP contribution in [0.3, 0.4) is 0 Å². The first-order valence-corrected chi connectivity index (χ1v) is 7.00. The van der Waals surface area contributed by atoms with Crippen molar-refractivity contribution in [2.45, 2.75) is 46.0 Å². The van der Waals surface area contributed by atoms with E-state index in [0.717, 1.165) is 5.56 Å². The maximum Gasteiger partial charge on any atom is 0.224 e. The molecule has 1 atom stereocenters. The van der Waals surface area contributed by atoms with Gasteiger partial charge in [-0.1, -0.05) is 18.2 Å². The molecule has 1 amide bonds. The molecule has 1 heterocycles. The molecule has 1 aromatic rings. The Morgan fingerprint density at radius 3 is 2.70 bits per heavy atom. The molecule has 0 bridgehead atoms. The van der Waals surface area contributed by atoms with Gasteiger partial charge in [0.15, 0.2) is 5.79 Å². The third-order valence-electron chi connectivity index (χ3n) is 3.53. The number of hydrogen-bond donors (Lipinski definition) is 1. The van der Waals surface area contributed by atoms with Crippen molar-refractivity contribution in [2.75, 3.05) is 13.2 Å². The predicted molar refractivity (Wildman–Crippen MR) is 77.5 cm³/mol. The fourth-order valence-corrected chi connectivity index (χ4v) is 2.25. The van der Waals surface area contributed by atoms with Crippen LogP contribution < -0.4 is 5.32 Å². The van der Waals surface area contributed by atoms with Gasteiger partial charge in [0.05, 0.1) is 13.0 Å². The third kappa shape index (κ3) is 4.05. The first-order chi connectivity index (χ1) is 9.35. The summed E-state index contributed by atoms with van der Waals surface area (Å²) >= 11 is 0. The molecule has 1 N–H and O–H groups in total. The summed E-state index contributed by atoms with van der Waals surface area (Å²) < 4.78 is 11.1. The first-order valence-electron chi connectivity index (χ1n) is 7.00. The molecule has 0 aromatic heterocycles. The molecular weight excluding hydrogens is 254 g/mol. The minimum Gasteiger partial charge on any atom is -0.353 e. The summed E-state index contributed by atoms with van der Waals surface area (Å²) in [7, 11) is 0. The second-order valence-electron chi connectivity index (χ2n) is 5.85. The van der Waals surface area contributed by atoms with E-state index in [4.69, 9.17) is 9.47 Å². The molecular formula is C16H23NO3. The number of benzene rings is 1. The van der Waals surface area contributed by atoms with Crippen molar-refractivity contribution in [3.05, 3.63) is 34.9 Å². The van der Waals surface area contributed by atoms with Crippen LogP contribution in [0.5, 0.6) is 0 Å². The maximum absolute atomic E-state index is 11.9. The van der Waals surface area contributed by atoms with E-state index in [-0.39, 0.29) is 12.0 Å². The van der Waals surface area contributed by atoms with Gasteiger partial charge in [-0.15, -0.1) is 0 Å². The van der Waals surface area contributed by atoms with Crippen molar-refractivity contribution in [3.8, 4) is 0 Å². The standard InChI is InChI=1S/C16H23NO3/c1-11-5-6-13(7-12(11)2)8-15(18)17-9-14-10-19-16(3,4)20-14/h5-7,14H,8-10H2,1-4H3,(H,17,18). The maximum atomic E-state index is 11.9. The van der Waals surface area contributed by atoms with Gasteiger partial charge in [-0.05, 0) is 44.4 Å². The smallest absolute Gasteiger partial charge is 0.224 e. The van der Waals surface area contributed by atoms with Crippen LogP contribution in [-0.2, 0) is 20.7 Å². The zero-order valence-corrected chi connectivity index (χ0v) is 12.7. The number of carbonyl (C=O) groups excluding carboxylic acids is 1. The van der Waals surface area contributed by atoms with Crippen LogP contribution >= 0.6 is 0 Å². The van der Waals surface area contributed by atoms with Crippen LogP contribution in [0.4, 0.5) is 0 Å². The summed E-state index contributed by atoms with van der Waals surface area (Å²) in [5.74, 6) is -0.523. The first kappa shape index (κ1) is 15.0. The molecule has 1 aliphatic rings. The Morgan fingerprint density at radius 2 is 2.10 bits per heavy atom. The lowest BCUT2D eigenvalue weighted by molar-refractivity contribution is -0.139. The number of amides is 1. The number of aryl methyl sites for hydroxylation is 2. The van der Waals surface area contributed by atoms with Gasteiger partial charge in [0.1, 0.15) is 6.10 Å². The van der Waals surface area contributed by atoms with Crippen LogP contribution in [0, 0.1) is 13.8 Å². The van der Waals surface area contributed by atoms with E-state index in [1.807, 2.05) is 26.0 Å². The van der Waals surface area contributed by atoms with Gasteiger partial charge in [0.2, 0.25) is 5.91 Å². The average molecular weight is 277 g/mol. The fraction of sp³-hybridized carbons (Fsp3) is 0.562. The topological polar surface area (TPSA) is 47.6 Å². The summed E-state index contributed by atoms with van der Waals surface area (Å²) in [5, 5.41) is 2.90. The SMILES string of the molecule is Cc1ccc(CC(=O)NCC2COC(C)(C)O2)cc1C. The van der Waals surface area contributed by atoms with Crippen molar-refractivity contribution < 1.29 is 14.3 Å². The van der Waals surface area contributed by atoms with E-state index < -0.39 is 5.79 Å². The van der Waals surface area contributed by atoms with Gasteiger partial charge in [-0.2, -0.15) is 0 Å². The van der Waals surface area contributed by atoms with Crippen LogP contribution in [0.2, 0.25) is 0 Å². The van der Waals surface area contributed by atoms with Crippen LogP contribution in [0.1, 0.15) is 30.5 Å². The minimum absolute atomic E-state index is 0.0153. The molecule has 1 aliphatic heterocycles. The molecule has 4 nitrogen and oxygen atoms in total. The summed E-state index contributed by atoms with van der Waals surface area (Å²) in [5.41, 5.74) is 3.49. The van der Waals surface area contributed by atoms with Crippen LogP contribution in [0.25, 0.3) is 0 Å². The zero-order chi connectivity index (χ0) is 14.8. The van der Waals surface area contributed by atoms with Crippen LogP contribution in [-0.4, -0.2) is 30.9 Å². The zero-order valence-electron chi connectivity index (χ0n) is 12.7. The Hall–Kier alpha value is -1.39. The number of carbonyl (C=O) groups is 1. The molecule has 0 saturated carbocycles. The van der Waals surface area contributed by atoms with Crippen molar-refractivity contribution >= 4 is 5.91 Å². The van der Waals surface area contributed by atoms with E-state index >= 15 is 0 Å². The van der Waals surface area contributed by atoms with Gasteiger partial charge in [-0.3, -0.25) is 4.79 Å². The minimum atomic E-state index is -0.538. The molecule has 1 saturated heterocycles. The number of ether oxygens (including phenoxy) is 2. The van der Waals surface area contributed by atoms with Gasteiger partial charge in [0.25, 0.3) is 0 Å². The Balaban J connectivity index is 1.79. The van der Waals surface area contributed by atoms with Crippen molar-refractivity contribution in [3.63, 3.8) is 0 Å². The summed E-state index contributed by atoms with van der Waals surface area (Å²) in [6.07, 6.45) is 0.339. The molecule has 0 spiro atoms. The molecule has 0 aliphatic carbocycles.